The van der Waals surface area contributed by atoms with Crippen molar-refractivity contribution in [3.63, 3.8) is 0 Å². The van der Waals surface area contributed by atoms with Gasteiger partial charge in [0.1, 0.15) is 23.1 Å². The number of nitrogens with zero attached hydrogens (tertiary/aromatic N) is 2. The monoisotopic (exact) mass is 366 g/mol. The summed E-state index contributed by atoms with van der Waals surface area (Å²) in [6, 6.07) is 9.39. The zero-order chi connectivity index (χ0) is 19.4. The van der Waals surface area contributed by atoms with Crippen molar-refractivity contribution in [3.8, 4) is 22.9 Å². The Bertz CT molecular complexity index is 997. The summed E-state index contributed by atoms with van der Waals surface area (Å²) in [4.78, 5) is 23.5. The maximum Gasteiger partial charge on any atom is 0.254 e. The van der Waals surface area contributed by atoms with Crippen LogP contribution in [-0.4, -0.2) is 29.2 Å². The van der Waals surface area contributed by atoms with Gasteiger partial charge in [-0.1, -0.05) is 0 Å². The Hall–Kier alpha value is -3.35. The number of hydrogen-bond acceptors (Lipinski definition) is 6. The van der Waals surface area contributed by atoms with Gasteiger partial charge in [-0.25, -0.2) is 9.97 Å². The molecule has 0 saturated carbocycles. The second kappa shape index (κ2) is 7.90. The molecule has 0 aliphatic heterocycles. The second-order valence-electron chi connectivity index (χ2n) is 6.09. The van der Waals surface area contributed by atoms with Gasteiger partial charge in [-0.05, 0) is 38.1 Å². The van der Waals surface area contributed by atoms with Crippen LogP contribution in [0.5, 0.6) is 11.5 Å². The van der Waals surface area contributed by atoms with E-state index in [0.717, 1.165) is 22.6 Å². The van der Waals surface area contributed by atoms with Crippen LogP contribution in [0.4, 0.5) is 5.82 Å². The summed E-state index contributed by atoms with van der Waals surface area (Å²) in [7, 11) is 3.25. The van der Waals surface area contributed by atoms with Crippen LogP contribution < -0.4 is 20.3 Å². The Morgan fingerprint density at radius 3 is 2.56 bits per heavy atom. The first-order valence-electron chi connectivity index (χ1n) is 8.50. The highest BCUT2D eigenvalue weighted by molar-refractivity contribution is 5.56. The summed E-state index contributed by atoms with van der Waals surface area (Å²) < 4.78 is 10.6. The second-order valence-corrected chi connectivity index (χ2v) is 6.09. The summed E-state index contributed by atoms with van der Waals surface area (Å²) in [6.45, 7) is 4.13. The molecule has 7 heteroatoms. The molecule has 0 aliphatic carbocycles. The highest BCUT2D eigenvalue weighted by Crippen LogP contribution is 2.25. The summed E-state index contributed by atoms with van der Waals surface area (Å²) in [5.74, 6) is 2.71. The third-order valence-corrected chi connectivity index (χ3v) is 4.39. The molecule has 1 aromatic carbocycles. The molecule has 0 saturated heterocycles. The van der Waals surface area contributed by atoms with Gasteiger partial charge in [0.25, 0.3) is 5.56 Å². The van der Waals surface area contributed by atoms with E-state index in [0.29, 0.717) is 29.4 Å². The predicted molar refractivity (Wildman–Crippen MR) is 104 cm³/mol. The van der Waals surface area contributed by atoms with Crippen LogP contribution in [0.1, 0.15) is 16.8 Å². The molecule has 27 heavy (non-hydrogen) atoms. The van der Waals surface area contributed by atoms with Crippen LogP contribution in [-0.2, 0) is 6.54 Å². The summed E-state index contributed by atoms with van der Waals surface area (Å²) in [5, 5.41) is 3.26. The number of anilines is 1. The minimum absolute atomic E-state index is 0.133. The Kier molecular flexibility index (Phi) is 5.40. The fourth-order valence-electron chi connectivity index (χ4n) is 2.60. The molecule has 0 atom stereocenters. The van der Waals surface area contributed by atoms with Crippen LogP contribution in [0.3, 0.4) is 0 Å². The van der Waals surface area contributed by atoms with E-state index in [1.165, 1.54) is 0 Å². The molecular formula is C20H22N4O3. The van der Waals surface area contributed by atoms with Crippen molar-refractivity contribution in [1.82, 2.24) is 15.0 Å². The van der Waals surface area contributed by atoms with Gasteiger partial charge in [-0.3, -0.25) is 4.79 Å². The first-order valence-corrected chi connectivity index (χ1v) is 8.50. The van der Waals surface area contributed by atoms with Gasteiger partial charge in [-0.15, -0.1) is 0 Å². The van der Waals surface area contributed by atoms with Crippen molar-refractivity contribution in [2.24, 2.45) is 0 Å². The fourth-order valence-corrected chi connectivity index (χ4v) is 2.60. The van der Waals surface area contributed by atoms with Crippen LogP contribution in [0.25, 0.3) is 11.4 Å². The summed E-state index contributed by atoms with van der Waals surface area (Å²) in [5.41, 5.74) is 2.94. The van der Waals surface area contributed by atoms with Gasteiger partial charge in [0.05, 0.1) is 14.2 Å². The lowest BCUT2D eigenvalue weighted by Crippen LogP contribution is -2.14. The number of aromatic nitrogens is 3. The molecule has 2 heterocycles. The van der Waals surface area contributed by atoms with Gasteiger partial charge in [0, 0.05) is 41.2 Å². The molecule has 3 aromatic rings. The normalized spacial score (nSPS) is 10.5. The highest BCUT2D eigenvalue weighted by Gasteiger charge is 2.08. The predicted octanol–water partition coefficient (Wildman–Crippen LogP) is 3.08. The standard InChI is InChI=1S/C20H22N4O3/c1-12-13(2)23-19(24-20(12)25)15-6-8-18(22-11-15)21-10-14-5-7-16(26-3)9-17(14)27-4/h5-9,11H,10H2,1-4H3,(H,21,22)(H,23,24,25). The van der Waals surface area contributed by atoms with Crippen molar-refractivity contribution in [2.45, 2.75) is 20.4 Å². The molecule has 140 valence electrons. The molecule has 2 N–H and O–H groups in total. The molecule has 0 bridgehead atoms. The maximum absolute atomic E-state index is 11.9. The zero-order valence-corrected chi connectivity index (χ0v) is 15.8. The third kappa shape index (κ3) is 4.08. The lowest BCUT2D eigenvalue weighted by Gasteiger charge is -2.12. The van der Waals surface area contributed by atoms with Gasteiger partial charge in [0.2, 0.25) is 0 Å². The smallest absolute Gasteiger partial charge is 0.254 e. The molecule has 2 aromatic heterocycles. The van der Waals surface area contributed by atoms with Gasteiger partial charge in [0.15, 0.2) is 0 Å². The van der Waals surface area contributed by atoms with E-state index in [9.17, 15) is 4.79 Å². The number of rotatable bonds is 6. The van der Waals surface area contributed by atoms with E-state index in [2.05, 4.69) is 20.3 Å². The Morgan fingerprint density at radius 1 is 1.11 bits per heavy atom. The fraction of sp³-hybridized carbons (Fsp3) is 0.250. The molecule has 7 nitrogen and oxygen atoms in total. The van der Waals surface area contributed by atoms with E-state index >= 15 is 0 Å². The van der Waals surface area contributed by atoms with Crippen molar-refractivity contribution in [1.29, 1.82) is 0 Å². The van der Waals surface area contributed by atoms with E-state index in [4.69, 9.17) is 9.47 Å². The highest BCUT2D eigenvalue weighted by atomic mass is 16.5. The Labute approximate surface area is 157 Å². The summed E-state index contributed by atoms with van der Waals surface area (Å²) in [6.07, 6.45) is 1.68. The van der Waals surface area contributed by atoms with E-state index in [1.54, 1.807) is 27.3 Å². The van der Waals surface area contributed by atoms with Crippen LogP contribution in [0, 0.1) is 13.8 Å². The zero-order valence-electron chi connectivity index (χ0n) is 15.8. The molecule has 0 aliphatic rings. The van der Waals surface area contributed by atoms with Crippen LogP contribution >= 0.6 is 0 Å². The number of nitrogens with one attached hydrogen (secondary N) is 2. The summed E-state index contributed by atoms with van der Waals surface area (Å²) >= 11 is 0. The number of ether oxygens (including phenoxy) is 2. The molecule has 0 radical (unpaired) electrons. The van der Waals surface area contributed by atoms with E-state index in [1.807, 2.05) is 37.3 Å². The Balaban J connectivity index is 1.74. The number of pyridine rings is 1. The lowest BCUT2D eigenvalue weighted by atomic mass is 10.2. The van der Waals surface area contributed by atoms with E-state index < -0.39 is 0 Å². The van der Waals surface area contributed by atoms with Crippen molar-refractivity contribution < 1.29 is 9.47 Å². The average molecular weight is 366 g/mol. The number of aromatic amines is 1. The topological polar surface area (TPSA) is 89.1 Å². The van der Waals surface area contributed by atoms with Crippen molar-refractivity contribution in [3.05, 3.63) is 63.7 Å². The van der Waals surface area contributed by atoms with Gasteiger partial charge >= 0.3 is 0 Å². The first kappa shape index (κ1) is 18.4. The molecular weight excluding hydrogens is 344 g/mol. The van der Waals surface area contributed by atoms with Crippen LogP contribution in [0.2, 0.25) is 0 Å². The number of H-pyrrole nitrogens is 1. The largest absolute Gasteiger partial charge is 0.497 e. The number of methoxy groups -OCH3 is 2. The van der Waals surface area contributed by atoms with Crippen molar-refractivity contribution in [2.75, 3.05) is 19.5 Å². The molecule has 0 amide bonds. The van der Waals surface area contributed by atoms with E-state index in [-0.39, 0.29) is 5.56 Å². The number of benzene rings is 1. The minimum Gasteiger partial charge on any atom is -0.497 e. The maximum atomic E-state index is 11.9. The Morgan fingerprint density at radius 2 is 1.93 bits per heavy atom. The third-order valence-electron chi connectivity index (χ3n) is 4.39. The SMILES string of the molecule is COc1ccc(CNc2ccc(-c3nc(C)c(C)c(=O)[nH]3)cn2)c(OC)c1. The molecule has 0 unspecified atom stereocenters. The van der Waals surface area contributed by atoms with Crippen LogP contribution in [0.15, 0.2) is 41.3 Å². The van der Waals surface area contributed by atoms with Gasteiger partial charge in [-0.2, -0.15) is 0 Å². The van der Waals surface area contributed by atoms with Crippen molar-refractivity contribution >= 4 is 5.82 Å². The first-order chi connectivity index (χ1) is 13.0. The average Bonchev–Trinajstić information content (AvgIpc) is 2.70. The molecule has 3 rings (SSSR count). The number of hydrogen-bond donors (Lipinski definition) is 2. The molecule has 0 spiro atoms. The lowest BCUT2D eigenvalue weighted by molar-refractivity contribution is 0.391. The van der Waals surface area contributed by atoms with Gasteiger partial charge < -0.3 is 19.8 Å². The minimum atomic E-state index is -0.133. The quantitative estimate of drug-likeness (QED) is 0.697. The number of aryl methyl sites for hydroxylation is 1. The molecule has 0 fully saturated rings.